The van der Waals surface area contributed by atoms with Crippen molar-refractivity contribution in [1.82, 2.24) is 0 Å². The van der Waals surface area contributed by atoms with E-state index >= 15 is 0 Å². The van der Waals surface area contributed by atoms with Gasteiger partial charge in [-0.2, -0.15) is 0 Å². The minimum absolute atomic E-state index is 0.0713. The van der Waals surface area contributed by atoms with Crippen LogP contribution in [0.2, 0.25) is 0 Å². The molecule has 0 radical (unpaired) electrons. The zero-order valence-corrected chi connectivity index (χ0v) is 11.2. The normalized spacial score (nSPS) is 9.95. The Balaban J connectivity index is 2.35. The lowest BCUT2D eigenvalue weighted by Crippen LogP contribution is -2.10. The molecule has 6 nitrogen and oxygen atoms in total. The molecule has 0 heterocycles. The van der Waals surface area contributed by atoms with Crippen molar-refractivity contribution in [3.8, 4) is 11.5 Å². The van der Waals surface area contributed by atoms with E-state index in [9.17, 15) is 9.59 Å². The average Bonchev–Trinajstić information content (AvgIpc) is 2.48. The SMILES string of the molecule is COC(=O)c1cc(Oc2ccc(N)cc2)ccc1C(=O)O. The minimum Gasteiger partial charge on any atom is -0.478 e. The third-order valence-corrected chi connectivity index (χ3v) is 2.74. The second-order valence-corrected chi connectivity index (χ2v) is 4.18. The average molecular weight is 287 g/mol. The number of benzene rings is 2. The number of nitrogens with two attached hydrogens (primary N) is 1. The van der Waals surface area contributed by atoms with Crippen LogP contribution in [0, 0.1) is 0 Å². The first kappa shape index (κ1) is 14.4. The number of esters is 1. The molecule has 0 aliphatic carbocycles. The monoisotopic (exact) mass is 287 g/mol. The predicted molar refractivity (Wildman–Crippen MR) is 75.7 cm³/mol. The summed E-state index contributed by atoms with van der Waals surface area (Å²) in [6.07, 6.45) is 0. The summed E-state index contributed by atoms with van der Waals surface area (Å²) in [6, 6.07) is 10.7. The summed E-state index contributed by atoms with van der Waals surface area (Å²) in [5.74, 6) is -1.11. The number of hydrogen-bond acceptors (Lipinski definition) is 5. The van der Waals surface area contributed by atoms with Crippen LogP contribution in [0.3, 0.4) is 0 Å². The first-order chi connectivity index (χ1) is 10.0. The Kier molecular flexibility index (Phi) is 4.08. The van der Waals surface area contributed by atoms with Crippen LogP contribution >= 0.6 is 0 Å². The van der Waals surface area contributed by atoms with Gasteiger partial charge in [0.05, 0.1) is 18.2 Å². The number of carbonyl (C=O) groups excluding carboxylic acids is 1. The number of rotatable bonds is 4. The van der Waals surface area contributed by atoms with E-state index in [4.69, 9.17) is 15.6 Å². The van der Waals surface area contributed by atoms with Crippen LogP contribution in [0.15, 0.2) is 42.5 Å². The smallest absolute Gasteiger partial charge is 0.338 e. The zero-order chi connectivity index (χ0) is 15.4. The molecule has 0 atom stereocenters. The van der Waals surface area contributed by atoms with Gasteiger partial charge in [-0.15, -0.1) is 0 Å². The third-order valence-electron chi connectivity index (χ3n) is 2.74. The molecule has 108 valence electrons. The molecule has 0 spiro atoms. The van der Waals surface area contributed by atoms with Crippen molar-refractivity contribution in [2.45, 2.75) is 0 Å². The molecule has 0 saturated carbocycles. The molecule has 0 amide bonds. The Bertz CT molecular complexity index is 679. The highest BCUT2D eigenvalue weighted by atomic mass is 16.5. The fraction of sp³-hybridized carbons (Fsp3) is 0.0667. The summed E-state index contributed by atoms with van der Waals surface area (Å²) in [7, 11) is 1.18. The number of carboxylic acids is 1. The molecule has 0 fully saturated rings. The number of methoxy groups -OCH3 is 1. The summed E-state index contributed by atoms with van der Waals surface area (Å²) in [4.78, 5) is 22.7. The number of ether oxygens (including phenoxy) is 2. The van der Waals surface area contributed by atoms with E-state index in [1.54, 1.807) is 24.3 Å². The van der Waals surface area contributed by atoms with E-state index in [1.165, 1.54) is 25.3 Å². The van der Waals surface area contributed by atoms with Crippen LogP contribution in [0.5, 0.6) is 11.5 Å². The number of hydrogen-bond donors (Lipinski definition) is 2. The quantitative estimate of drug-likeness (QED) is 0.662. The van der Waals surface area contributed by atoms with Crippen LogP contribution in [-0.2, 0) is 4.74 Å². The fourth-order valence-electron chi connectivity index (χ4n) is 1.72. The van der Waals surface area contributed by atoms with Gasteiger partial charge in [0.1, 0.15) is 11.5 Å². The minimum atomic E-state index is -1.21. The van der Waals surface area contributed by atoms with Crippen LogP contribution in [0.25, 0.3) is 0 Å². The molecule has 0 aromatic heterocycles. The molecular formula is C15H13NO5. The summed E-state index contributed by atoms with van der Waals surface area (Å²) in [5.41, 5.74) is 5.95. The van der Waals surface area contributed by atoms with Gasteiger partial charge in [-0.3, -0.25) is 0 Å². The number of aromatic carboxylic acids is 1. The maximum atomic E-state index is 11.6. The molecule has 0 bridgehead atoms. The van der Waals surface area contributed by atoms with Crippen molar-refractivity contribution in [2.75, 3.05) is 12.8 Å². The van der Waals surface area contributed by atoms with Crippen molar-refractivity contribution < 1.29 is 24.2 Å². The first-order valence-corrected chi connectivity index (χ1v) is 6.00. The highest BCUT2D eigenvalue weighted by molar-refractivity contribution is 6.02. The third kappa shape index (κ3) is 3.30. The first-order valence-electron chi connectivity index (χ1n) is 6.00. The van der Waals surface area contributed by atoms with E-state index in [0.717, 1.165) is 0 Å². The molecule has 6 heteroatoms. The van der Waals surface area contributed by atoms with Gasteiger partial charge in [0.15, 0.2) is 0 Å². The van der Waals surface area contributed by atoms with Crippen molar-refractivity contribution in [2.24, 2.45) is 0 Å². The van der Waals surface area contributed by atoms with Crippen molar-refractivity contribution in [3.63, 3.8) is 0 Å². The van der Waals surface area contributed by atoms with Gasteiger partial charge >= 0.3 is 11.9 Å². The Morgan fingerprint density at radius 3 is 2.19 bits per heavy atom. The lowest BCUT2D eigenvalue weighted by atomic mass is 10.1. The summed E-state index contributed by atoms with van der Waals surface area (Å²) in [6.45, 7) is 0. The van der Waals surface area contributed by atoms with E-state index in [0.29, 0.717) is 17.2 Å². The van der Waals surface area contributed by atoms with Gasteiger partial charge in [-0.05, 0) is 42.5 Å². The number of carboxylic acid groups (broad SMARTS) is 1. The van der Waals surface area contributed by atoms with Crippen LogP contribution in [0.1, 0.15) is 20.7 Å². The predicted octanol–water partition coefficient (Wildman–Crippen LogP) is 2.55. The molecule has 21 heavy (non-hydrogen) atoms. The number of anilines is 1. The van der Waals surface area contributed by atoms with Crippen molar-refractivity contribution in [3.05, 3.63) is 53.6 Å². The van der Waals surface area contributed by atoms with Gasteiger partial charge in [0, 0.05) is 5.69 Å². The fourth-order valence-corrected chi connectivity index (χ4v) is 1.72. The molecule has 0 unspecified atom stereocenters. The van der Waals surface area contributed by atoms with E-state index < -0.39 is 11.9 Å². The van der Waals surface area contributed by atoms with Gasteiger partial charge in [-0.25, -0.2) is 9.59 Å². The summed E-state index contributed by atoms with van der Waals surface area (Å²) in [5, 5.41) is 9.06. The summed E-state index contributed by atoms with van der Waals surface area (Å²) < 4.78 is 10.1. The van der Waals surface area contributed by atoms with Gasteiger partial charge < -0.3 is 20.3 Å². The standard InChI is InChI=1S/C15H13NO5/c1-20-15(19)13-8-11(6-7-12(13)14(17)18)21-10-4-2-9(16)3-5-10/h2-8H,16H2,1H3,(H,17,18). The number of nitrogen functional groups attached to an aromatic ring is 1. The van der Waals surface area contributed by atoms with Crippen LogP contribution in [0.4, 0.5) is 5.69 Å². The maximum Gasteiger partial charge on any atom is 0.338 e. The second kappa shape index (κ2) is 5.96. The van der Waals surface area contributed by atoms with Gasteiger partial charge in [0.25, 0.3) is 0 Å². The van der Waals surface area contributed by atoms with E-state index in [1.807, 2.05) is 0 Å². The molecular weight excluding hydrogens is 274 g/mol. The lowest BCUT2D eigenvalue weighted by Gasteiger charge is -2.09. The van der Waals surface area contributed by atoms with E-state index in [2.05, 4.69) is 4.74 Å². The van der Waals surface area contributed by atoms with Gasteiger partial charge in [0.2, 0.25) is 0 Å². The largest absolute Gasteiger partial charge is 0.478 e. The Morgan fingerprint density at radius 2 is 1.62 bits per heavy atom. The highest BCUT2D eigenvalue weighted by Crippen LogP contribution is 2.25. The van der Waals surface area contributed by atoms with Crippen LogP contribution in [-0.4, -0.2) is 24.2 Å². The molecule has 2 aromatic carbocycles. The van der Waals surface area contributed by atoms with Crippen molar-refractivity contribution in [1.29, 1.82) is 0 Å². The Hall–Kier alpha value is -3.02. The Labute approximate surface area is 120 Å². The van der Waals surface area contributed by atoms with Gasteiger partial charge in [-0.1, -0.05) is 0 Å². The lowest BCUT2D eigenvalue weighted by molar-refractivity contribution is 0.0582. The second-order valence-electron chi connectivity index (χ2n) is 4.18. The number of carbonyl (C=O) groups is 2. The molecule has 0 aliphatic heterocycles. The molecule has 2 rings (SSSR count). The highest BCUT2D eigenvalue weighted by Gasteiger charge is 2.18. The molecule has 3 N–H and O–H groups in total. The topological polar surface area (TPSA) is 98.9 Å². The Morgan fingerprint density at radius 1 is 1.00 bits per heavy atom. The molecule has 0 saturated heterocycles. The summed E-state index contributed by atoms with van der Waals surface area (Å²) >= 11 is 0. The van der Waals surface area contributed by atoms with E-state index in [-0.39, 0.29) is 11.1 Å². The maximum absolute atomic E-state index is 11.6. The van der Waals surface area contributed by atoms with Crippen LogP contribution < -0.4 is 10.5 Å². The molecule has 0 aliphatic rings. The van der Waals surface area contributed by atoms with Crippen molar-refractivity contribution >= 4 is 17.6 Å². The zero-order valence-electron chi connectivity index (χ0n) is 11.2. The molecule has 2 aromatic rings.